The number of nitro groups is 1. The third-order valence-corrected chi connectivity index (χ3v) is 3.50. The van der Waals surface area contributed by atoms with Crippen LogP contribution in [0.3, 0.4) is 0 Å². The van der Waals surface area contributed by atoms with Gasteiger partial charge in [-0.25, -0.2) is 8.78 Å². The second-order valence-corrected chi connectivity index (χ2v) is 5.28. The molecule has 1 amide bonds. The molecule has 0 radical (unpaired) electrons. The Balaban J connectivity index is 1.91. The summed E-state index contributed by atoms with van der Waals surface area (Å²) in [6, 6.07) is 2.88. The summed E-state index contributed by atoms with van der Waals surface area (Å²) < 4.78 is 27.7. The number of hydrogen-bond donors (Lipinski definition) is 1. The van der Waals surface area contributed by atoms with Crippen LogP contribution in [-0.2, 0) is 11.3 Å². The van der Waals surface area contributed by atoms with E-state index in [2.05, 4.69) is 10.4 Å². The van der Waals surface area contributed by atoms with E-state index in [-0.39, 0.29) is 17.8 Å². The second-order valence-electron chi connectivity index (χ2n) is 5.28. The van der Waals surface area contributed by atoms with Crippen LogP contribution in [0.15, 0.2) is 18.2 Å². The van der Waals surface area contributed by atoms with Crippen molar-refractivity contribution in [2.45, 2.75) is 33.2 Å². The molecule has 9 heteroatoms. The highest BCUT2D eigenvalue weighted by molar-refractivity contribution is 5.90. The van der Waals surface area contributed by atoms with Crippen LogP contribution in [-0.4, -0.2) is 20.6 Å². The first kappa shape index (κ1) is 17.5. The van der Waals surface area contributed by atoms with Gasteiger partial charge in [-0.05, 0) is 32.4 Å². The molecule has 2 aromatic rings. The molecule has 1 N–H and O–H groups in total. The lowest BCUT2D eigenvalue weighted by Gasteiger charge is -2.07. The maximum atomic E-state index is 13.4. The number of carbonyl (C=O) groups excluding carboxylic acids is 1. The topological polar surface area (TPSA) is 90.1 Å². The molecule has 2 rings (SSSR count). The number of carbonyl (C=O) groups is 1. The number of aromatic nitrogens is 2. The predicted octanol–water partition coefficient (Wildman–Crippen LogP) is 3.11. The Labute approximate surface area is 136 Å². The van der Waals surface area contributed by atoms with E-state index < -0.39 is 22.5 Å². The van der Waals surface area contributed by atoms with E-state index >= 15 is 0 Å². The van der Waals surface area contributed by atoms with E-state index in [0.29, 0.717) is 30.4 Å². The molecular formula is C15H16F2N4O3. The number of nitrogens with one attached hydrogen (secondary N) is 1. The van der Waals surface area contributed by atoms with Gasteiger partial charge in [0.05, 0.1) is 10.6 Å². The Morgan fingerprint density at radius 2 is 2.08 bits per heavy atom. The van der Waals surface area contributed by atoms with Crippen LogP contribution in [0.1, 0.15) is 24.2 Å². The summed E-state index contributed by atoms with van der Waals surface area (Å²) in [4.78, 5) is 22.2. The highest BCUT2D eigenvalue weighted by Crippen LogP contribution is 2.22. The van der Waals surface area contributed by atoms with Gasteiger partial charge in [0.1, 0.15) is 23.0 Å². The van der Waals surface area contributed by atoms with Gasteiger partial charge in [0, 0.05) is 19.0 Å². The number of amides is 1. The minimum Gasteiger partial charge on any atom is -0.324 e. The number of halogens is 2. The van der Waals surface area contributed by atoms with E-state index in [0.717, 1.165) is 12.1 Å². The first-order valence-corrected chi connectivity index (χ1v) is 7.23. The average Bonchev–Trinajstić information content (AvgIpc) is 2.76. The first-order chi connectivity index (χ1) is 11.3. The van der Waals surface area contributed by atoms with E-state index in [1.54, 1.807) is 13.8 Å². The Bertz CT molecular complexity index is 789. The van der Waals surface area contributed by atoms with Crippen molar-refractivity contribution in [3.63, 3.8) is 0 Å². The van der Waals surface area contributed by atoms with E-state index in [1.165, 1.54) is 4.68 Å². The minimum absolute atomic E-state index is 0.0344. The minimum atomic E-state index is -0.850. The molecule has 0 spiro atoms. The summed E-state index contributed by atoms with van der Waals surface area (Å²) in [5.41, 5.74) is 0.605. The van der Waals surface area contributed by atoms with Crippen LogP contribution in [0.25, 0.3) is 0 Å². The van der Waals surface area contributed by atoms with Crippen LogP contribution in [0.5, 0.6) is 0 Å². The van der Waals surface area contributed by atoms with Gasteiger partial charge in [0.2, 0.25) is 5.91 Å². The third kappa shape index (κ3) is 3.92. The molecule has 0 aliphatic carbocycles. The normalized spacial score (nSPS) is 10.7. The maximum Gasteiger partial charge on any atom is 0.312 e. The van der Waals surface area contributed by atoms with Gasteiger partial charge >= 0.3 is 5.69 Å². The lowest BCUT2D eigenvalue weighted by atomic mass is 10.2. The first-order valence-electron chi connectivity index (χ1n) is 7.23. The molecule has 0 saturated carbocycles. The molecule has 0 atom stereocenters. The number of nitrogens with zero attached hydrogens (tertiary/aromatic N) is 3. The molecule has 1 aromatic carbocycles. The van der Waals surface area contributed by atoms with E-state index in [9.17, 15) is 23.7 Å². The molecule has 0 fully saturated rings. The van der Waals surface area contributed by atoms with Crippen molar-refractivity contribution in [3.8, 4) is 0 Å². The fourth-order valence-electron chi connectivity index (χ4n) is 2.36. The zero-order chi connectivity index (χ0) is 17.9. The fraction of sp³-hybridized carbons (Fsp3) is 0.333. The van der Waals surface area contributed by atoms with Crippen molar-refractivity contribution in [2.75, 3.05) is 5.32 Å². The maximum absolute atomic E-state index is 13.4. The molecule has 1 aromatic heterocycles. The Morgan fingerprint density at radius 3 is 2.67 bits per heavy atom. The summed E-state index contributed by atoms with van der Waals surface area (Å²) >= 11 is 0. The second kappa shape index (κ2) is 7.16. The molecule has 0 aliphatic rings. The van der Waals surface area contributed by atoms with Crippen molar-refractivity contribution in [1.82, 2.24) is 9.78 Å². The molecule has 0 aliphatic heterocycles. The standard InChI is InChI=1S/C15H16F2N4O3/c1-9-15(21(23)24)10(2)20(19-9)7-3-4-14(22)18-13-6-5-11(16)8-12(13)17/h5-6,8H,3-4,7H2,1-2H3,(H,18,22). The SMILES string of the molecule is Cc1nn(CCCC(=O)Nc2ccc(F)cc2F)c(C)c1[N+](=O)[O-]. The van der Waals surface area contributed by atoms with Crippen LogP contribution in [0.4, 0.5) is 20.2 Å². The summed E-state index contributed by atoms with van der Waals surface area (Å²) in [7, 11) is 0. The highest BCUT2D eigenvalue weighted by atomic mass is 19.1. The molecule has 0 unspecified atom stereocenters. The highest BCUT2D eigenvalue weighted by Gasteiger charge is 2.21. The van der Waals surface area contributed by atoms with E-state index in [1.807, 2.05) is 0 Å². The molecule has 1 heterocycles. The largest absolute Gasteiger partial charge is 0.324 e. The third-order valence-electron chi connectivity index (χ3n) is 3.50. The van der Waals surface area contributed by atoms with Gasteiger partial charge in [-0.15, -0.1) is 0 Å². The van der Waals surface area contributed by atoms with E-state index in [4.69, 9.17) is 0 Å². The quantitative estimate of drug-likeness (QED) is 0.647. The molecule has 128 valence electrons. The molecule has 0 bridgehead atoms. The average molecular weight is 338 g/mol. The van der Waals surface area contributed by atoms with Crippen molar-refractivity contribution < 1.29 is 18.5 Å². The van der Waals surface area contributed by atoms with Crippen LogP contribution < -0.4 is 5.32 Å². The van der Waals surface area contributed by atoms with Gasteiger partial charge in [0.25, 0.3) is 0 Å². The number of rotatable bonds is 6. The molecule has 24 heavy (non-hydrogen) atoms. The molecular weight excluding hydrogens is 322 g/mol. The summed E-state index contributed by atoms with van der Waals surface area (Å²) in [5, 5.41) is 17.4. The fourth-order valence-corrected chi connectivity index (χ4v) is 2.36. The van der Waals surface area contributed by atoms with Gasteiger partial charge in [-0.2, -0.15) is 5.10 Å². The molecule has 0 saturated heterocycles. The van der Waals surface area contributed by atoms with Gasteiger partial charge in [0.15, 0.2) is 0 Å². The van der Waals surface area contributed by atoms with Gasteiger partial charge in [-0.1, -0.05) is 0 Å². The van der Waals surface area contributed by atoms with Crippen LogP contribution >= 0.6 is 0 Å². The number of anilines is 1. The van der Waals surface area contributed by atoms with Gasteiger partial charge < -0.3 is 5.32 Å². The van der Waals surface area contributed by atoms with Crippen LogP contribution in [0, 0.1) is 35.6 Å². The molecule has 7 nitrogen and oxygen atoms in total. The Kier molecular flexibility index (Phi) is 5.22. The summed E-state index contributed by atoms with van der Waals surface area (Å²) in [6.07, 6.45) is 0.441. The van der Waals surface area contributed by atoms with Crippen molar-refractivity contribution in [1.29, 1.82) is 0 Å². The zero-order valence-corrected chi connectivity index (χ0v) is 13.2. The lowest BCUT2D eigenvalue weighted by molar-refractivity contribution is -0.386. The smallest absolute Gasteiger partial charge is 0.312 e. The predicted molar refractivity (Wildman–Crippen MR) is 82.6 cm³/mol. The monoisotopic (exact) mass is 338 g/mol. The lowest BCUT2D eigenvalue weighted by Crippen LogP contribution is -2.14. The van der Waals surface area contributed by atoms with Gasteiger partial charge in [-0.3, -0.25) is 19.6 Å². The Hall–Kier alpha value is -2.84. The number of hydrogen-bond acceptors (Lipinski definition) is 4. The number of benzene rings is 1. The Morgan fingerprint density at radius 1 is 1.38 bits per heavy atom. The van der Waals surface area contributed by atoms with Crippen LogP contribution in [0.2, 0.25) is 0 Å². The summed E-state index contributed by atoms with van der Waals surface area (Å²) in [6.45, 7) is 3.46. The number of aryl methyl sites for hydroxylation is 2. The summed E-state index contributed by atoms with van der Waals surface area (Å²) in [5.74, 6) is -2.01. The zero-order valence-electron chi connectivity index (χ0n) is 13.2. The van der Waals surface area contributed by atoms with Crippen molar-refractivity contribution in [3.05, 3.63) is 51.3 Å². The van der Waals surface area contributed by atoms with Crippen molar-refractivity contribution >= 4 is 17.3 Å². The van der Waals surface area contributed by atoms with Crippen molar-refractivity contribution in [2.24, 2.45) is 0 Å².